The number of anilines is 1. The highest BCUT2D eigenvalue weighted by molar-refractivity contribution is 6.05. The Balaban J connectivity index is 1.50. The molecule has 4 rings (SSSR count). The van der Waals surface area contributed by atoms with Gasteiger partial charge in [0.1, 0.15) is 11.6 Å². The normalized spacial score (nSPS) is 18.7. The van der Waals surface area contributed by atoms with Crippen molar-refractivity contribution >= 4 is 11.6 Å². The van der Waals surface area contributed by atoms with E-state index in [4.69, 9.17) is 0 Å². The van der Waals surface area contributed by atoms with Crippen molar-refractivity contribution in [2.75, 3.05) is 18.4 Å². The molecule has 2 aromatic rings. The van der Waals surface area contributed by atoms with Crippen molar-refractivity contribution in [1.29, 1.82) is 0 Å². The van der Waals surface area contributed by atoms with E-state index in [1.807, 2.05) is 24.3 Å². The number of rotatable bonds is 5. The van der Waals surface area contributed by atoms with Crippen LogP contribution >= 0.6 is 0 Å². The van der Waals surface area contributed by atoms with Gasteiger partial charge >= 0.3 is 0 Å². The Morgan fingerprint density at radius 2 is 1.84 bits per heavy atom. The number of carbonyl (C=O) groups is 1. The van der Waals surface area contributed by atoms with E-state index < -0.39 is 5.82 Å². The number of amides is 1. The molecule has 1 saturated heterocycles. The molecule has 2 aliphatic heterocycles. The van der Waals surface area contributed by atoms with Crippen LogP contribution in [-0.4, -0.2) is 34.9 Å². The summed E-state index contributed by atoms with van der Waals surface area (Å²) in [5, 5.41) is 6.52. The number of pyridine rings is 1. The Labute approximate surface area is 189 Å². The number of nitrogens with one attached hydrogen (secondary N) is 2. The average Bonchev–Trinajstić information content (AvgIpc) is 3.31. The third-order valence-electron chi connectivity index (χ3n) is 6.68. The van der Waals surface area contributed by atoms with Gasteiger partial charge in [0, 0.05) is 42.0 Å². The zero-order valence-corrected chi connectivity index (χ0v) is 19.2. The van der Waals surface area contributed by atoms with Crippen LogP contribution in [0.25, 0.3) is 0 Å². The Bertz CT molecular complexity index is 1070. The van der Waals surface area contributed by atoms with Crippen LogP contribution in [-0.2, 0) is 5.41 Å². The molecule has 1 fully saturated rings. The molecule has 5 nitrogen and oxygen atoms in total. The van der Waals surface area contributed by atoms with Crippen LogP contribution in [0.1, 0.15) is 55.1 Å². The predicted octanol–water partition coefficient (Wildman–Crippen LogP) is 4.91. The molecular formula is C26H31FN4O. The van der Waals surface area contributed by atoms with Gasteiger partial charge in [-0.1, -0.05) is 32.1 Å². The molecule has 6 heteroatoms. The summed E-state index contributed by atoms with van der Waals surface area (Å²) < 4.78 is 13.7. The van der Waals surface area contributed by atoms with Gasteiger partial charge in [0.15, 0.2) is 0 Å². The van der Waals surface area contributed by atoms with E-state index in [9.17, 15) is 9.18 Å². The van der Waals surface area contributed by atoms with Crippen molar-refractivity contribution in [1.82, 2.24) is 15.2 Å². The number of dihydropyridines is 1. The van der Waals surface area contributed by atoms with Crippen LogP contribution in [0, 0.1) is 12.7 Å². The van der Waals surface area contributed by atoms with Gasteiger partial charge < -0.3 is 15.5 Å². The van der Waals surface area contributed by atoms with E-state index in [0.29, 0.717) is 11.3 Å². The van der Waals surface area contributed by atoms with Crippen LogP contribution in [0.15, 0.2) is 60.2 Å². The highest BCUT2D eigenvalue weighted by Crippen LogP contribution is 2.36. The molecule has 32 heavy (non-hydrogen) atoms. The maximum atomic E-state index is 13.7. The van der Waals surface area contributed by atoms with Crippen LogP contribution in [0.4, 0.5) is 10.1 Å². The highest BCUT2D eigenvalue weighted by Gasteiger charge is 2.31. The largest absolute Gasteiger partial charge is 0.366 e. The molecule has 1 amide bonds. The summed E-state index contributed by atoms with van der Waals surface area (Å²) in [4.78, 5) is 18.8. The van der Waals surface area contributed by atoms with Crippen LogP contribution < -0.4 is 10.6 Å². The Hall–Kier alpha value is -3.15. The predicted molar refractivity (Wildman–Crippen MR) is 126 cm³/mol. The number of halogens is 1. The number of benzene rings is 1. The minimum atomic E-state index is -0.486. The second kappa shape index (κ2) is 8.77. The maximum Gasteiger partial charge on any atom is 0.257 e. The monoisotopic (exact) mass is 434 g/mol. The van der Waals surface area contributed by atoms with E-state index in [0.717, 1.165) is 24.8 Å². The second-order valence-corrected chi connectivity index (χ2v) is 9.18. The molecule has 0 aliphatic carbocycles. The van der Waals surface area contributed by atoms with Gasteiger partial charge in [-0.3, -0.25) is 9.78 Å². The fourth-order valence-electron chi connectivity index (χ4n) is 4.63. The van der Waals surface area contributed by atoms with Crippen molar-refractivity contribution in [3.63, 3.8) is 0 Å². The van der Waals surface area contributed by atoms with Crippen molar-refractivity contribution < 1.29 is 9.18 Å². The zero-order chi connectivity index (χ0) is 22.9. The molecule has 1 atom stereocenters. The molecule has 0 radical (unpaired) electrons. The molecule has 1 unspecified atom stereocenters. The Kier molecular flexibility index (Phi) is 6.04. The lowest BCUT2D eigenvalue weighted by Crippen LogP contribution is -2.42. The first kappa shape index (κ1) is 22.1. The molecule has 0 bridgehead atoms. The number of hydrogen-bond donors (Lipinski definition) is 2. The SMILES string of the molecule is Cc1c(F)cncc1C(=O)Nc1ccc(C(C)(C)C2=CC=C(N3CCCC3)NC2C)cc1. The summed E-state index contributed by atoms with van der Waals surface area (Å²) in [7, 11) is 0. The topological polar surface area (TPSA) is 57.3 Å². The summed E-state index contributed by atoms with van der Waals surface area (Å²) in [6.07, 6.45) is 9.47. The minimum absolute atomic E-state index is 0.176. The summed E-state index contributed by atoms with van der Waals surface area (Å²) in [6, 6.07) is 8.10. The first-order chi connectivity index (χ1) is 15.3. The van der Waals surface area contributed by atoms with Gasteiger partial charge in [0.05, 0.1) is 11.8 Å². The van der Waals surface area contributed by atoms with Gasteiger partial charge in [-0.15, -0.1) is 0 Å². The van der Waals surface area contributed by atoms with Gasteiger partial charge in [-0.05, 0) is 56.0 Å². The Morgan fingerprint density at radius 3 is 2.50 bits per heavy atom. The number of hydrogen-bond acceptors (Lipinski definition) is 4. The van der Waals surface area contributed by atoms with E-state index in [1.165, 1.54) is 30.4 Å². The summed E-state index contributed by atoms with van der Waals surface area (Å²) in [5.74, 6) is 0.365. The summed E-state index contributed by atoms with van der Waals surface area (Å²) in [5.41, 5.74) is 3.50. The molecule has 2 aliphatic rings. The van der Waals surface area contributed by atoms with Gasteiger partial charge in [-0.2, -0.15) is 0 Å². The standard InChI is InChI=1S/C26H31FN4O/c1-17-21(15-28-16-23(17)27)25(32)30-20-9-7-19(8-10-20)26(3,4)22-11-12-24(29-18(22)2)31-13-5-6-14-31/h7-12,15-16,18,29H,5-6,13-14H2,1-4H3,(H,30,32). The van der Waals surface area contributed by atoms with E-state index in [1.54, 1.807) is 6.92 Å². The molecule has 0 saturated carbocycles. The molecule has 0 spiro atoms. The lowest BCUT2D eigenvalue weighted by Gasteiger charge is -2.38. The fraction of sp³-hybridized carbons (Fsp3) is 0.385. The van der Waals surface area contributed by atoms with Gasteiger partial charge in [0.25, 0.3) is 5.91 Å². The number of aromatic nitrogens is 1. The van der Waals surface area contributed by atoms with E-state index in [2.05, 4.69) is 53.4 Å². The van der Waals surface area contributed by atoms with Crippen molar-refractivity contribution in [2.45, 2.75) is 52.0 Å². The first-order valence-corrected chi connectivity index (χ1v) is 11.2. The van der Waals surface area contributed by atoms with Crippen LogP contribution in [0.3, 0.4) is 0 Å². The number of allylic oxidation sites excluding steroid dienone is 2. The zero-order valence-electron chi connectivity index (χ0n) is 19.2. The van der Waals surface area contributed by atoms with Crippen molar-refractivity contribution in [3.8, 4) is 0 Å². The van der Waals surface area contributed by atoms with E-state index >= 15 is 0 Å². The number of carbonyl (C=O) groups excluding carboxylic acids is 1. The average molecular weight is 435 g/mol. The highest BCUT2D eigenvalue weighted by atomic mass is 19.1. The third kappa shape index (κ3) is 4.27. The fourth-order valence-corrected chi connectivity index (χ4v) is 4.63. The second-order valence-electron chi connectivity index (χ2n) is 9.18. The Morgan fingerprint density at radius 1 is 1.16 bits per heavy atom. The van der Waals surface area contributed by atoms with Crippen molar-refractivity contribution in [2.24, 2.45) is 0 Å². The molecule has 2 N–H and O–H groups in total. The maximum absolute atomic E-state index is 13.7. The quantitative estimate of drug-likeness (QED) is 0.702. The molecule has 3 heterocycles. The third-order valence-corrected chi connectivity index (χ3v) is 6.68. The smallest absolute Gasteiger partial charge is 0.257 e. The van der Waals surface area contributed by atoms with Crippen molar-refractivity contribution in [3.05, 3.63) is 82.7 Å². The van der Waals surface area contributed by atoms with Gasteiger partial charge in [-0.25, -0.2) is 4.39 Å². The van der Waals surface area contributed by atoms with Gasteiger partial charge in [0.2, 0.25) is 0 Å². The van der Waals surface area contributed by atoms with Crippen LogP contribution in [0.2, 0.25) is 0 Å². The van der Waals surface area contributed by atoms with E-state index in [-0.39, 0.29) is 22.9 Å². The lowest BCUT2D eigenvalue weighted by atomic mass is 9.74. The van der Waals surface area contributed by atoms with Crippen LogP contribution in [0.5, 0.6) is 0 Å². The molecular weight excluding hydrogens is 403 g/mol. The molecule has 1 aromatic heterocycles. The summed E-state index contributed by atoms with van der Waals surface area (Å²) >= 11 is 0. The minimum Gasteiger partial charge on any atom is -0.366 e. The summed E-state index contributed by atoms with van der Waals surface area (Å²) in [6.45, 7) is 10.5. The first-order valence-electron chi connectivity index (χ1n) is 11.2. The molecule has 168 valence electrons. The number of likely N-dealkylation sites (tertiary alicyclic amines) is 1. The number of nitrogens with zero attached hydrogens (tertiary/aromatic N) is 2. The lowest BCUT2D eigenvalue weighted by molar-refractivity contribution is 0.102. The molecule has 1 aromatic carbocycles.